The van der Waals surface area contributed by atoms with Crippen molar-refractivity contribution in [1.82, 2.24) is 10.2 Å². The first kappa shape index (κ1) is 12.7. The van der Waals surface area contributed by atoms with E-state index in [-0.39, 0.29) is 17.7 Å². The molecule has 80 valence electrons. The molecule has 4 heteroatoms. The Morgan fingerprint density at radius 3 is 2.50 bits per heavy atom. The van der Waals surface area contributed by atoms with Crippen molar-refractivity contribution in [3.05, 3.63) is 12.2 Å². The van der Waals surface area contributed by atoms with Crippen LogP contribution in [0.4, 0.5) is 0 Å². The van der Waals surface area contributed by atoms with Crippen LogP contribution in [0.2, 0.25) is 0 Å². The largest absolute Gasteiger partial charge is 0.359 e. The minimum Gasteiger partial charge on any atom is -0.359 e. The van der Waals surface area contributed by atoms with Crippen LogP contribution in [0.5, 0.6) is 0 Å². The molecule has 0 radical (unpaired) electrons. The van der Waals surface area contributed by atoms with Crippen LogP contribution in [-0.2, 0) is 9.59 Å². The summed E-state index contributed by atoms with van der Waals surface area (Å²) in [6, 6.07) is 0. The predicted molar refractivity (Wildman–Crippen MR) is 55.7 cm³/mol. The quantitative estimate of drug-likeness (QED) is 0.665. The van der Waals surface area contributed by atoms with E-state index in [0.717, 1.165) is 0 Å². The second kappa shape index (κ2) is 6.18. The summed E-state index contributed by atoms with van der Waals surface area (Å²) in [6.45, 7) is 4.01. The summed E-state index contributed by atoms with van der Waals surface area (Å²) in [6.07, 6.45) is 3.17. The van der Waals surface area contributed by atoms with Gasteiger partial charge < -0.3 is 10.2 Å². The van der Waals surface area contributed by atoms with Gasteiger partial charge in [-0.3, -0.25) is 9.59 Å². The van der Waals surface area contributed by atoms with E-state index < -0.39 is 0 Å². The van der Waals surface area contributed by atoms with Gasteiger partial charge in [-0.05, 0) is 13.0 Å². The maximum Gasteiger partial charge on any atom is 0.245 e. The molecule has 0 aromatic heterocycles. The third-order valence-corrected chi connectivity index (χ3v) is 1.93. The third-order valence-electron chi connectivity index (χ3n) is 1.93. The molecule has 14 heavy (non-hydrogen) atoms. The van der Waals surface area contributed by atoms with Crippen LogP contribution in [0.3, 0.4) is 0 Å². The van der Waals surface area contributed by atoms with Crippen LogP contribution in [0, 0.1) is 5.92 Å². The van der Waals surface area contributed by atoms with Crippen LogP contribution < -0.4 is 5.32 Å². The highest BCUT2D eigenvalue weighted by atomic mass is 16.2. The molecule has 2 amide bonds. The minimum absolute atomic E-state index is 0.0508. The molecule has 0 bridgehead atoms. The highest BCUT2D eigenvalue weighted by Gasteiger charge is 2.15. The van der Waals surface area contributed by atoms with Gasteiger partial charge in [0.2, 0.25) is 11.8 Å². The summed E-state index contributed by atoms with van der Waals surface area (Å²) in [7, 11) is 3.27. The van der Waals surface area contributed by atoms with Gasteiger partial charge in [-0.15, -0.1) is 0 Å². The fraction of sp³-hybridized carbons (Fsp3) is 0.600. The Morgan fingerprint density at radius 1 is 1.50 bits per heavy atom. The van der Waals surface area contributed by atoms with E-state index in [2.05, 4.69) is 5.32 Å². The number of likely N-dealkylation sites (N-methyl/N-ethyl adjacent to an activating group) is 1. The van der Waals surface area contributed by atoms with Crippen LogP contribution in [0.15, 0.2) is 12.2 Å². The van der Waals surface area contributed by atoms with Gasteiger partial charge >= 0.3 is 0 Å². The molecule has 0 spiro atoms. The average Bonchev–Trinajstić information content (AvgIpc) is 2.16. The molecular weight excluding hydrogens is 180 g/mol. The zero-order chi connectivity index (χ0) is 11.1. The topological polar surface area (TPSA) is 49.4 Å². The van der Waals surface area contributed by atoms with E-state index in [9.17, 15) is 9.59 Å². The van der Waals surface area contributed by atoms with Crippen LogP contribution in [0.1, 0.15) is 13.8 Å². The maximum absolute atomic E-state index is 11.3. The fourth-order valence-corrected chi connectivity index (χ4v) is 1.10. The molecular formula is C10H18N2O2. The molecule has 0 aliphatic heterocycles. The molecule has 0 saturated heterocycles. The van der Waals surface area contributed by atoms with Crippen LogP contribution in [0.25, 0.3) is 0 Å². The molecule has 1 N–H and O–H groups in total. The van der Waals surface area contributed by atoms with Crippen molar-refractivity contribution in [2.75, 3.05) is 20.6 Å². The van der Waals surface area contributed by atoms with E-state index in [1.54, 1.807) is 34.0 Å². The number of amides is 2. The van der Waals surface area contributed by atoms with Gasteiger partial charge in [-0.2, -0.15) is 0 Å². The van der Waals surface area contributed by atoms with Crippen LogP contribution in [-0.4, -0.2) is 37.4 Å². The SMILES string of the molecule is C/C=C/C(=O)N(C)CC(C)C(=O)NC. The summed E-state index contributed by atoms with van der Waals surface area (Å²) in [5.41, 5.74) is 0. The van der Waals surface area contributed by atoms with Crippen molar-refractivity contribution in [1.29, 1.82) is 0 Å². The average molecular weight is 198 g/mol. The summed E-state index contributed by atoms with van der Waals surface area (Å²) < 4.78 is 0. The second-order valence-corrected chi connectivity index (χ2v) is 3.23. The summed E-state index contributed by atoms with van der Waals surface area (Å²) in [5.74, 6) is -0.312. The number of carbonyl (C=O) groups excluding carboxylic acids is 2. The van der Waals surface area contributed by atoms with Gasteiger partial charge in [0, 0.05) is 20.6 Å². The molecule has 0 aromatic rings. The van der Waals surface area contributed by atoms with E-state index in [1.807, 2.05) is 0 Å². The molecule has 0 aromatic carbocycles. The second-order valence-electron chi connectivity index (χ2n) is 3.23. The van der Waals surface area contributed by atoms with Crippen molar-refractivity contribution in [3.8, 4) is 0 Å². The molecule has 0 saturated carbocycles. The Bertz CT molecular complexity index is 236. The maximum atomic E-state index is 11.3. The van der Waals surface area contributed by atoms with Crippen molar-refractivity contribution in [2.45, 2.75) is 13.8 Å². The first-order valence-corrected chi connectivity index (χ1v) is 4.62. The lowest BCUT2D eigenvalue weighted by Crippen LogP contribution is -2.36. The Labute approximate surface area is 85.0 Å². The van der Waals surface area contributed by atoms with E-state index in [1.165, 1.54) is 11.0 Å². The molecule has 0 aliphatic rings. The number of carbonyl (C=O) groups is 2. The molecule has 4 nitrogen and oxygen atoms in total. The van der Waals surface area contributed by atoms with Gasteiger partial charge in [0.1, 0.15) is 0 Å². The predicted octanol–water partition coefficient (Wildman–Crippen LogP) is 0.403. The molecule has 0 heterocycles. The van der Waals surface area contributed by atoms with Gasteiger partial charge in [0.25, 0.3) is 0 Å². The van der Waals surface area contributed by atoms with Crippen molar-refractivity contribution in [2.24, 2.45) is 5.92 Å². The molecule has 1 atom stereocenters. The third kappa shape index (κ3) is 4.07. The van der Waals surface area contributed by atoms with Gasteiger partial charge in [0.05, 0.1) is 5.92 Å². The number of rotatable bonds is 4. The van der Waals surface area contributed by atoms with E-state index in [0.29, 0.717) is 6.54 Å². The van der Waals surface area contributed by atoms with Crippen molar-refractivity contribution >= 4 is 11.8 Å². The number of nitrogens with one attached hydrogen (secondary N) is 1. The van der Waals surface area contributed by atoms with Crippen molar-refractivity contribution < 1.29 is 9.59 Å². The number of hydrogen-bond acceptors (Lipinski definition) is 2. The van der Waals surface area contributed by atoms with Gasteiger partial charge in [0.15, 0.2) is 0 Å². The standard InChI is InChI=1S/C10H18N2O2/c1-5-6-9(13)12(4)7-8(2)10(14)11-3/h5-6,8H,7H2,1-4H3,(H,11,14)/b6-5+. The molecule has 0 aliphatic carbocycles. The summed E-state index contributed by atoms with van der Waals surface area (Å²) in [5, 5.41) is 2.55. The monoisotopic (exact) mass is 198 g/mol. The lowest BCUT2D eigenvalue weighted by Gasteiger charge is -2.19. The van der Waals surface area contributed by atoms with Gasteiger partial charge in [-0.1, -0.05) is 13.0 Å². The Hall–Kier alpha value is -1.32. The molecule has 0 fully saturated rings. The Kier molecular flexibility index (Phi) is 5.60. The Morgan fingerprint density at radius 2 is 2.07 bits per heavy atom. The minimum atomic E-state index is -0.181. The summed E-state index contributed by atoms with van der Waals surface area (Å²) in [4.78, 5) is 24.0. The normalized spacial score (nSPS) is 12.6. The van der Waals surface area contributed by atoms with E-state index in [4.69, 9.17) is 0 Å². The number of nitrogens with zero attached hydrogens (tertiary/aromatic N) is 1. The fourth-order valence-electron chi connectivity index (χ4n) is 1.10. The molecule has 1 unspecified atom stereocenters. The lowest BCUT2D eigenvalue weighted by molar-refractivity contribution is -0.128. The first-order chi connectivity index (χ1) is 6.52. The first-order valence-electron chi connectivity index (χ1n) is 4.62. The van der Waals surface area contributed by atoms with Crippen LogP contribution >= 0.6 is 0 Å². The smallest absolute Gasteiger partial charge is 0.245 e. The van der Waals surface area contributed by atoms with Crippen molar-refractivity contribution in [3.63, 3.8) is 0 Å². The highest BCUT2D eigenvalue weighted by molar-refractivity contribution is 5.88. The zero-order valence-corrected chi connectivity index (χ0v) is 9.20. The number of allylic oxidation sites excluding steroid dienone is 1. The lowest BCUT2D eigenvalue weighted by atomic mass is 10.1. The van der Waals surface area contributed by atoms with E-state index >= 15 is 0 Å². The highest BCUT2D eigenvalue weighted by Crippen LogP contribution is 1.98. The molecule has 0 rings (SSSR count). The zero-order valence-electron chi connectivity index (χ0n) is 9.20. The summed E-state index contributed by atoms with van der Waals surface area (Å²) >= 11 is 0. The number of hydrogen-bond donors (Lipinski definition) is 1. The van der Waals surface area contributed by atoms with Gasteiger partial charge in [-0.25, -0.2) is 0 Å². The Balaban J connectivity index is 4.11.